The average molecular weight is 347 g/mol. The van der Waals surface area contributed by atoms with Crippen LogP contribution in [-0.4, -0.2) is 39.9 Å². The summed E-state index contributed by atoms with van der Waals surface area (Å²) < 4.78 is 16.4. The molecule has 1 rings (SSSR count). The second-order valence-corrected chi connectivity index (χ2v) is 4.85. The molecule has 1 aromatic carbocycles. The summed E-state index contributed by atoms with van der Waals surface area (Å²) in [5.74, 6) is 0.887. The quantitative estimate of drug-likeness (QED) is 0.653. The summed E-state index contributed by atoms with van der Waals surface area (Å²) in [6.07, 6.45) is 0. The summed E-state index contributed by atoms with van der Waals surface area (Å²) in [4.78, 5) is 10.5. The van der Waals surface area contributed by atoms with Crippen molar-refractivity contribution in [2.24, 2.45) is 5.73 Å². The van der Waals surface area contributed by atoms with Gasteiger partial charge in [0.2, 0.25) is 5.91 Å². The number of primary amides is 1. The van der Waals surface area contributed by atoms with Crippen LogP contribution in [0.1, 0.15) is 5.56 Å². The number of hydrogen-bond donors (Lipinski definition) is 2. The lowest BCUT2D eigenvalue weighted by atomic mass is 10.2. The Morgan fingerprint density at radius 1 is 1.30 bits per heavy atom. The summed E-state index contributed by atoms with van der Waals surface area (Å²) in [5, 5.41) is 3.20. The lowest BCUT2D eigenvalue weighted by Gasteiger charge is -2.12. The van der Waals surface area contributed by atoms with Crippen LogP contribution in [0.5, 0.6) is 11.5 Å². The standard InChI is InChI=1S/C13H19BrN2O4/c1-18-11-5-9(10(14)6-12(11)19-2)7-16-3-4-20-8-13(15)17/h5-6,16H,3-4,7-8H2,1-2H3,(H2,15,17). The predicted molar refractivity (Wildman–Crippen MR) is 79.0 cm³/mol. The van der Waals surface area contributed by atoms with E-state index in [1.54, 1.807) is 14.2 Å². The van der Waals surface area contributed by atoms with E-state index in [0.29, 0.717) is 31.2 Å². The zero-order chi connectivity index (χ0) is 15.0. The lowest BCUT2D eigenvalue weighted by Crippen LogP contribution is -2.23. The molecule has 0 saturated carbocycles. The van der Waals surface area contributed by atoms with Gasteiger partial charge in [0.05, 0.1) is 20.8 Å². The van der Waals surface area contributed by atoms with E-state index >= 15 is 0 Å². The van der Waals surface area contributed by atoms with E-state index in [0.717, 1.165) is 10.0 Å². The number of amides is 1. The molecular formula is C13H19BrN2O4. The average Bonchev–Trinajstić information content (AvgIpc) is 2.43. The van der Waals surface area contributed by atoms with Gasteiger partial charge in [0, 0.05) is 17.6 Å². The van der Waals surface area contributed by atoms with Gasteiger partial charge in [0.1, 0.15) is 6.61 Å². The molecule has 0 aliphatic heterocycles. The van der Waals surface area contributed by atoms with Gasteiger partial charge in [-0.3, -0.25) is 4.79 Å². The molecule has 0 radical (unpaired) electrons. The Labute approximate surface area is 126 Å². The molecule has 0 bridgehead atoms. The van der Waals surface area contributed by atoms with Crippen molar-refractivity contribution in [2.45, 2.75) is 6.54 Å². The predicted octanol–water partition coefficient (Wildman–Crippen LogP) is 1.06. The molecule has 0 spiro atoms. The summed E-state index contributed by atoms with van der Waals surface area (Å²) in [5.41, 5.74) is 6.00. The molecule has 0 saturated heterocycles. The number of benzene rings is 1. The Bertz CT molecular complexity index is 454. The van der Waals surface area contributed by atoms with Crippen molar-refractivity contribution in [3.05, 3.63) is 22.2 Å². The van der Waals surface area contributed by atoms with Crippen molar-refractivity contribution in [3.8, 4) is 11.5 Å². The first-order valence-electron chi connectivity index (χ1n) is 6.05. The van der Waals surface area contributed by atoms with Gasteiger partial charge in [0.15, 0.2) is 11.5 Å². The smallest absolute Gasteiger partial charge is 0.243 e. The van der Waals surface area contributed by atoms with Crippen LogP contribution in [0, 0.1) is 0 Å². The fourth-order valence-corrected chi connectivity index (χ4v) is 2.03. The molecule has 20 heavy (non-hydrogen) atoms. The van der Waals surface area contributed by atoms with Gasteiger partial charge in [0.25, 0.3) is 0 Å². The minimum Gasteiger partial charge on any atom is -0.493 e. The largest absolute Gasteiger partial charge is 0.493 e. The molecule has 0 heterocycles. The minimum atomic E-state index is -0.465. The number of hydrogen-bond acceptors (Lipinski definition) is 5. The Hall–Kier alpha value is -1.31. The summed E-state index contributed by atoms with van der Waals surface area (Å²) in [6, 6.07) is 3.76. The third-order valence-corrected chi connectivity index (χ3v) is 3.27. The molecule has 1 aromatic rings. The third kappa shape index (κ3) is 5.36. The number of rotatable bonds is 9. The number of carbonyl (C=O) groups excluding carboxylic acids is 1. The zero-order valence-corrected chi connectivity index (χ0v) is 13.2. The van der Waals surface area contributed by atoms with Gasteiger partial charge in [-0.15, -0.1) is 0 Å². The van der Waals surface area contributed by atoms with Crippen LogP contribution < -0.4 is 20.5 Å². The molecule has 1 amide bonds. The van der Waals surface area contributed by atoms with E-state index < -0.39 is 5.91 Å². The summed E-state index contributed by atoms with van der Waals surface area (Å²) in [6.45, 7) is 1.63. The second-order valence-electron chi connectivity index (χ2n) is 3.99. The SMILES string of the molecule is COc1cc(Br)c(CNCCOCC(N)=O)cc1OC. The van der Waals surface area contributed by atoms with Gasteiger partial charge in [-0.25, -0.2) is 0 Å². The molecule has 6 nitrogen and oxygen atoms in total. The first-order chi connectivity index (χ1) is 9.58. The van der Waals surface area contributed by atoms with E-state index in [1.165, 1.54) is 0 Å². The normalized spacial score (nSPS) is 10.3. The fourth-order valence-electron chi connectivity index (χ4n) is 1.57. The van der Waals surface area contributed by atoms with Gasteiger partial charge in [-0.1, -0.05) is 15.9 Å². The molecule has 0 atom stereocenters. The first kappa shape index (κ1) is 16.7. The molecule has 0 aliphatic rings. The van der Waals surface area contributed by atoms with Gasteiger partial charge < -0.3 is 25.3 Å². The molecule has 0 unspecified atom stereocenters. The summed E-state index contributed by atoms with van der Waals surface area (Å²) >= 11 is 3.49. The Kier molecular flexibility index (Phi) is 7.35. The number of nitrogens with two attached hydrogens (primary N) is 1. The number of carbonyl (C=O) groups is 1. The second kappa shape index (κ2) is 8.78. The van der Waals surface area contributed by atoms with Crippen LogP contribution >= 0.6 is 15.9 Å². The highest BCUT2D eigenvalue weighted by molar-refractivity contribution is 9.10. The van der Waals surface area contributed by atoms with Crippen molar-refractivity contribution < 1.29 is 19.0 Å². The number of ether oxygens (including phenoxy) is 3. The van der Waals surface area contributed by atoms with Crippen LogP contribution in [0.3, 0.4) is 0 Å². The zero-order valence-electron chi connectivity index (χ0n) is 11.6. The molecule has 0 aliphatic carbocycles. The number of methoxy groups -OCH3 is 2. The highest BCUT2D eigenvalue weighted by Crippen LogP contribution is 2.33. The minimum absolute atomic E-state index is 0.0538. The van der Waals surface area contributed by atoms with Crippen molar-refractivity contribution in [3.63, 3.8) is 0 Å². The molecular weight excluding hydrogens is 328 g/mol. The van der Waals surface area contributed by atoms with E-state index in [1.807, 2.05) is 12.1 Å². The number of halogens is 1. The lowest BCUT2D eigenvalue weighted by molar-refractivity contribution is -0.122. The van der Waals surface area contributed by atoms with E-state index in [2.05, 4.69) is 21.2 Å². The Morgan fingerprint density at radius 3 is 2.55 bits per heavy atom. The monoisotopic (exact) mass is 346 g/mol. The maximum absolute atomic E-state index is 10.5. The van der Waals surface area contributed by atoms with Crippen LogP contribution in [0.25, 0.3) is 0 Å². The maximum atomic E-state index is 10.5. The fraction of sp³-hybridized carbons (Fsp3) is 0.462. The Morgan fingerprint density at radius 2 is 1.95 bits per heavy atom. The molecule has 7 heteroatoms. The first-order valence-corrected chi connectivity index (χ1v) is 6.85. The van der Waals surface area contributed by atoms with Crippen LogP contribution in [0.15, 0.2) is 16.6 Å². The van der Waals surface area contributed by atoms with E-state index in [-0.39, 0.29) is 6.61 Å². The maximum Gasteiger partial charge on any atom is 0.243 e. The molecule has 112 valence electrons. The molecule has 0 aromatic heterocycles. The molecule has 0 fully saturated rings. The van der Waals surface area contributed by atoms with Gasteiger partial charge in [-0.05, 0) is 17.7 Å². The van der Waals surface area contributed by atoms with Gasteiger partial charge >= 0.3 is 0 Å². The molecule has 3 N–H and O–H groups in total. The summed E-state index contributed by atoms with van der Waals surface area (Å²) in [7, 11) is 3.19. The van der Waals surface area contributed by atoms with Crippen molar-refractivity contribution >= 4 is 21.8 Å². The van der Waals surface area contributed by atoms with Crippen LogP contribution in [-0.2, 0) is 16.1 Å². The van der Waals surface area contributed by atoms with Crippen LogP contribution in [0.2, 0.25) is 0 Å². The van der Waals surface area contributed by atoms with Gasteiger partial charge in [-0.2, -0.15) is 0 Å². The van der Waals surface area contributed by atoms with Crippen molar-refractivity contribution in [1.82, 2.24) is 5.32 Å². The highest BCUT2D eigenvalue weighted by atomic mass is 79.9. The Balaban J connectivity index is 2.45. The van der Waals surface area contributed by atoms with E-state index in [4.69, 9.17) is 19.9 Å². The third-order valence-electron chi connectivity index (χ3n) is 2.54. The van der Waals surface area contributed by atoms with Crippen molar-refractivity contribution in [1.29, 1.82) is 0 Å². The highest BCUT2D eigenvalue weighted by Gasteiger charge is 2.09. The van der Waals surface area contributed by atoms with Crippen LogP contribution in [0.4, 0.5) is 0 Å². The number of nitrogens with one attached hydrogen (secondary N) is 1. The topological polar surface area (TPSA) is 82.8 Å². The van der Waals surface area contributed by atoms with E-state index in [9.17, 15) is 4.79 Å². The van der Waals surface area contributed by atoms with Crippen molar-refractivity contribution in [2.75, 3.05) is 34.0 Å².